The van der Waals surface area contributed by atoms with Gasteiger partial charge in [-0.1, -0.05) is 13.3 Å². The van der Waals surface area contributed by atoms with E-state index in [0.717, 1.165) is 6.54 Å². The molecule has 2 heteroatoms. The maximum absolute atomic E-state index is 8.56. The van der Waals surface area contributed by atoms with E-state index in [-0.39, 0.29) is 0 Å². The Morgan fingerprint density at radius 2 is 2.36 bits per heavy atom. The Balaban J connectivity index is 2.39. The fourth-order valence-corrected chi connectivity index (χ4v) is 1.81. The lowest BCUT2D eigenvalue weighted by Crippen LogP contribution is -2.38. The summed E-state index contributed by atoms with van der Waals surface area (Å²) in [6.45, 7) is 4.48. The molecule has 1 rings (SSSR count). The van der Waals surface area contributed by atoms with Crippen molar-refractivity contribution in [2.24, 2.45) is 0 Å². The van der Waals surface area contributed by atoms with Gasteiger partial charge in [0.15, 0.2) is 0 Å². The third-order valence-electron chi connectivity index (χ3n) is 2.48. The van der Waals surface area contributed by atoms with Crippen molar-refractivity contribution in [3.63, 3.8) is 0 Å². The average Bonchev–Trinajstić information content (AvgIpc) is 2.06. The largest absolute Gasteiger partial charge is 0.300 e. The first-order chi connectivity index (χ1) is 5.38. The first-order valence-corrected chi connectivity index (χ1v) is 4.49. The summed E-state index contributed by atoms with van der Waals surface area (Å²) in [5.74, 6) is 0. The Labute approximate surface area is 68.8 Å². The van der Waals surface area contributed by atoms with E-state index in [0.29, 0.717) is 12.5 Å². The molecule has 62 valence electrons. The average molecular weight is 152 g/mol. The minimum atomic E-state index is 0.554. The Hall–Kier alpha value is -0.550. The summed E-state index contributed by atoms with van der Waals surface area (Å²) < 4.78 is 0. The molecule has 2 nitrogen and oxygen atoms in total. The van der Waals surface area contributed by atoms with E-state index in [1.807, 2.05) is 0 Å². The molecule has 0 aromatic heterocycles. The Kier molecular flexibility index (Phi) is 3.38. The Morgan fingerprint density at radius 3 is 3.00 bits per heavy atom. The molecule has 0 aromatic carbocycles. The minimum absolute atomic E-state index is 0.554. The van der Waals surface area contributed by atoms with Gasteiger partial charge in [0.2, 0.25) is 0 Å². The third kappa shape index (κ3) is 2.20. The SMILES string of the molecule is CCN1CCCCC1CC#N. The quantitative estimate of drug-likeness (QED) is 0.603. The first kappa shape index (κ1) is 8.55. The highest BCUT2D eigenvalue weighted by molar-refractivity contribution is 4.84. The van der Waals surface area contributed by atoms with E-state index in [9.17, 15) is 0 Å². The molecule has 0 radical (unpaired) electrons. The zero-order valence-electron chi connectivity index (χ0n) is 7.21. The van der Waals surface area contributed by atoms with Crippen LogP contribution in [-0.4, -0.2) is 24.0 Å². The molecule has 0 bridgehead atoms. The number of nitriles is 1. The molecule has 1 aliphatic rings. The molecular weight excluding hydrogens is 136 g/mol. The van der Waals surface area contributed by atoms with Crippen molar-refractivity contribution in [3.8, 4) is 6.07 Å². The molecule has 0 N–H and O–H groups in total. The first-order valence-electron chi connectivity index (χ1n) is 4.49. The molecule has 0 aliphatic carbocycles. The van der Waals surface area contributed by atoms with Gasteiger partial charge in [0, 0.05) is 6.04 Å². The van der Waals surface area contributed by atoms with E-state index in [1.165, 1.54) is 25.8 Å². The molecule has 0 spiro atoms. The van der Waals surface area contributed by atoms with Gasteiger partial charge in [-0.15, -0.1) is 0 Å². The predicted octanol–water partition coefficient (Wildman–Crippen LogP) is 1.77. The zero-order valence-corrected chi connectivity index (χ0v) is 7.21. The van der Waals surface area contributed by atoms with Crippen LogP contribution in [0.1, 0.15) is 32.6 Å². The van der Waals surface area contributed by atoms with Crippen molar-refractivity contribution in [2.45, 2.75) is 38.6 Å². The standard InChI is InChI=1S/C9H16N2/c1-2-11-8-4-3-5-9(11)6-7-10/h9H,2-6,8H2,1H3. The van der Waals surface area contributed by atoms with Gasteiger partial charge in [-0.2, -0.15) is 5.26 Å². The lowest BCUT2D eigenvalue weighted by Gasteiger charge is -2.33. The second-order valence-corrected chi connectivity index (χ2v) is 3.14. The number of rotatable bonds is 2. The van der Waals surface area contributed by atoms with Gasteiger partial charge in [-0.3, -0.25) is 4.90 Å². The molecule has 1 atom stereocenters. The normalized spacial score (nSPS) is 26.4. The molecule has 0 saturated carbocycles. The summed E-state index contributed by atoms with van der Waals surface area (Å²) in [6.07, 6.45) is 4.56. The molecule has 11 heavy (non-hydrogen) atoms. The van der Waals surface area contributed by atoms with Crippen LogP contribution in [0.15, 0.2) is 0 Å². The number of piperidine rings is 1. The monoisotopic (exact) mass is 152 g/mol. The highest BCUT2D eigenvalue weighted by Crippen LogP contribution is 2.18. The summed E-state index contributed by atoms with van der Waals surface area (Å²) in [6, 6.07) is 2.81. The summed E-state index contributed by atoms with van der Waals surface area (Å²) in [4.78, 5) is 2.42. The van der Waals surface area contributed by atoms with Crippen LogP contribution in [0.5, 0.6) is 0 Å². The van der Waals surface area contributed by atoms with Crippen LogP contribution in [0.2, 0.25) is 0 Å². The maximum Gasteiger partial charge on any atom is 0.0638 e. The van der Waals surface area contributed by atoms with Crippen LogP contribution < -0.4 is 0 Å². The van der Waals surface area contributed by atoms with E-state index in [4.69, 9.17) is 5.26 Å². The van der Waals surface area contributed by atoms with Crippen molar-refractivity contribution < 1.29 is 0 Å². The van der Waals surface area contributed by atoms with Crippen LogP contribution in [0, 0.1) is 11.3 Å². The summed E-state index contributed by atoms with van der Waals surface area (Å²) in [5.41, 5.74) is 0. The second kappa shape index (κ2) is 4.35. The van der Waals surface area contributed by atoms with Crippen LogP contribution in [0.3, 0.4) is 0 Å². The van der Waals surface area contributed by atoms with Crippen molar-refractivity contribution in [1.82, 2.24) is 4.90 Å². The molecule has 0 aromatic rings. The number of nitrogens with zero attached hydrogens (tertiary/aromatic N) is 2. The van der Waals surface area contributed by atoms with Gasteiger partial charge in [0.1, 0.15) is 0 Å². The lowest BCUT2D eigenvalue weighted by molar-refractivity contribution is 0.159. The van der Waals surface area contributed by atoms with Crippen molar-refractivity contribution in [3.05, 3.63) is 0 Å². The van der Waals surface area contributed by atoms with E-state index in [2.05, 4.69) is 17.9 Å². The molecule has 1 aliphatic heterocycles. The molecule has 1 unspecified atom stereocenters. The predicted molar refractivity (Wildman–Crippen MR) is 45.1 cm³/mol. The van der Waals surface area contributed by atoms with Crippen molar-refractivity contribution in [2.75, 3.05) is 13.1 Å². The van der Waals surface area contributed by atoms with Gasteiger partial charge < -0.3 is 0 Å². The fourth-order valence-electron chi connectivity index (χ4n) is 1.81. The second-order valence-electron chi connectivity index (χ2n) is 3.14. The molecule has 1 heterocycles. The number of hydrogen-bond acceptors (Lipinski definition) is 2. The fraction of sp³-hybridized carbons (Fsp3) is 0.889. The van der Waals surface area contributed by atoms with E-state index < -0.39 is 0 Å². The van der Waals surface area contributed by atoms with E-state index >= 15 is 0 Å². The van der Waals surface area contributed by atoms with Crippen molar-refractivity contribution in [1.29, 1.82) is 5.26 Å². The number of hydrogen-bond donors (Lipinski definition) is 0. The maximum atomic E-state index is 8.56. The smallest absolute Gasteiger partial charge is 0.0638 e. The Bertz CT molecular complexity index is 148. The third-order valence-corrected chi connectivity index (χ3v) is 2.48. The van der Waals surface area contributed by atoms with Gasteiger partial charge in [-0.25, -0.2) is 0 Å². The van der Waals surface area contributed by atoms with E-state index in [1.54, 1.807) is 0 Å². The van der Waals surface area contributed by atoms with Crippen LogP contribution in [0.25, 0.3) is 0 Å². The van der Waals surface area contributed by atoms with Crippen molar-refractivity contribution >= 4 is 0 Å². The molecule has 1 fully saturated rings. The minimum Gasteiger partial charge on any atom is -0.300 e. The van der Waals surface area contributed by atoms with Crippen LogP contribution in [-0.2, 0) is 0 Å². The summed E-state index contributed by atoms with van der Waals surface area (Å²) in [5, 5.41) is 8.56. The molecule has 0 amide bonds. The highest BCUT2D eigenvalue weighted by atomic mass is 15.2. The lowest BCUT2D eigenvalue weighted by atomic mass is 10.0. The zero-order chi connectivity index (χ0) is 8.10. The summed E-state index contributed by atoms with van der Waals surface area (Å²) in [7, 11) is 0. The van der Waals surface area contributed by atoms with Gasteiger partial charge in [-0.05, 0) is 25.9 Å². The summed E-state index contributed by atoms with van der Waals surface area (Å²) >= 11 is 0. The van der Waals surface area contributed by atoms with Gasteiger partial charge in [0.25, 0.3) is 0 Å². The molecule has 1 saturated heterocycles. The Morgan fingerprint density at radius 1 is 1.55 bits per heavy atom. The number of likely N-dealkylation sites (tertiary alicyclic amines) is 1. The highest BCUT2D eigenvalue weighted by Gasteiger charge is 2.19. The topological polar surface area (TPSA) is 27.0 Å². The van der Waals surface area contributed by atoms with Gasteiger partial charge >= 0.3 is 0 Å². The van der Waals surface area contributed by atoms with Gasteiger partial charge in [0.05, 0.1) is 12.5 Å². The van der Waals surface area contributed by atoms with Crippen LogP contribution >= 0.6 is 0 Å². The molecular formula is C9H16N2. The van der Waals surface area contributed by atoms with Crippen LogP contribution in [0.4, 0.5) is 0 Å².